The molecule has 1 heterocycles. The van der Waals surface area contributed by atoms with Crippen molar-refractivity contribution >= 4 is 5.69 Å². The Balaban J connectivity index is 2.41. The third-order valence-electron chi connectivity index (χ3n) is 2.57. The first-order chi connectivity index (χ1) is 8.61. The van der Waals surface area contributed by atoms with Gasteiger partial charge in [0.15, 0.2) is 0 Å². The molecule has 0 spiro atoms. The molecule has 2 aromatic rings. The number of non-ortho nitro benzene ring substituents is 1. The van der Waals surface area contributed by atoms with Crippen LogP contribution in [-0.4, -0.2) is 17.0 Å². The summed E-state index contributed by atoms with van der Waals surface area (Å²) < 4.78 is 5.35. The maximum atomic E-state index is 10.7. The molecule has 0 radical (unpaired) electrons. The van der Waals surface area contributed by atoms with Gasteiger partial charge in [0, 0.05) is 24.2 Å². The fourth-order valence-electron chi connectivity index (χ4n) is 1.65. The molecule has 1 aromatic carbocycles. The molecule has 0 saturated heterocycles. The van der Waals surface area contributed by atoms with Gasteiger partial charge in [-0.05, 0) is 19.5 Å². The number of nitro benzene ring substituents is 1. The van der Waals surface area contributed by atoms with Crippen molar-refractivity contribution in [2.75, 3.05) is 7.05 Å². The van der Waals surface area contributed by atoms with E-state index in [1.54, 1.807) is 12.3 Å². The summed E-state index contributed by atoms with van der Waals surface area (Å²) in [4.78, 5) is 14.6. The Morgan fingerprint density at radius 1 is 1.50 bits per heavy atom. The first-order valence-electron chi connectivity index (χ1n) is 5.46. The van der Waals surface area contributed by atoms with Crippen LogP contribution in [0.5, 0.6) is 0 Å². The molecule has 94 valence electrons. The molecule has 0 bridgehead atoms. The predicted octanol–water partition coefficient (Wildman–Crippen LogP) is 2.28. The average molecular weight is 247 g/mol. The number of hydrogen-bond acceptors (Lipinski definition) is 5. The van der Waals surface area contributed by atoms with Crippen LogP contribution in [0.25, 0.3) is 11.5 Å². The van der Waals surface area contributed by atoms with Gasteiger partial charge < -0.3 is 9.73 Å². The quantitative estimate of drug-likeness (QED) is 0.662. The maximum absolute atomic E-state index is 10.7. The Morgan fingerprint density at radius 3 is 2.94 bits per heavy atom. The van der Waals surface area contributed by atoms with Crippen molar-refractivity contribution in [1.82, 2.24) is 10.3 Å². The molecule has 0 unspecified atom stereocenters. The molecule has 0 aliphatic heterocycles. The maximum Gasteiger partial charge on any atom is 0.270 e. The summed E-state index contributed by atoms with van der Waals surface area (Å²) in [6, 6.07) is 4.63. The van der Waals surface area contributed by atoms with Crippen LogP contribution >= 0.6 is 0 Å². The van der Waals surface area contributed by atoms with Crippen molar-refractivity contribution in [2.24, 2.45) is 0 Å². The van der Waals surface area contributed by atoms with Crippen molar-refractivity contribution in [3.05, 3.63) is 45.8 Å². The molecule has 6 nitrogen and oxygen atoms in total. The lowest BCUT2D eigenvalue weighted by atomic mass is 10.1. The highest BCUT2D eigenvalue weighted by atomic mass is 16.6. The smallest absolute Gasteiger partial charge is 0.270 e. The SMILES string of the molecule is CNCc1coc(-c2cc([N+](=O)[O-])ccc2C)n1. The number of nitrogens with one attached hydrogen (secondary N) is 1. The molecule has 1 N–H and O–H groups in total. The monoisotopic (exact) mass is 247 g/mol. The summed E-state index contributed by atoms with van der Waals surface area (Å²) in [5, 5.41) is 13.7. The van der Waals surface area contributed by atoms with Gasteiger partial charge in [-0.1, -0.05) is 6.07 Å². The van der Waals surface area contributed by atoms with E-state index in [1.165, 1.54) is 12.1 Å². The van der Waals surface area contributed by atoms with Crippen LogP contribution in [0, 0.1) is 17.0 Å². The summed E-state index contributed by atoms with van der Waals surface area (Å²) in [5.74, 6) is 0.404. The highest BCUT2D eigenvalue weighted by molar-refractivity contribution is 5.62. The Kier molecular flexibility index (Phi) is 3.38. The third kappa shape index (κ3) is 2.38. The first kappa shape index (κ1) is 12.3. The number of benzene rings is 1. The molecular formula is C12H13N3O3. The van der Waals surface area contributed by atoms with Crippen LogP contribution in [0.3, 0.4) is 0 Å². The molecule has 1 aromatic heterocycles. The Labute approximate surface area is 104 Å². The van der Waals surface area contributed by atoms with E-state index >= 15 is 0 Å². The van der Waals surface area contributed by atoms with E-state index in [0.717, 1.165) is 11.3 Å². The lowest BCUT2D eigenvalue weighted by Crippen LogP contribution is -2.04. The van der Waals surface area contributed by atoms with E-state index in [9.17, 15) is 10.1 Å². The fourth-order valence-corrected chi connectivity index (χ4v) is 1.65. The van der Waals surface area contributed by atoms with Gasteiger partial charge in [-0.25, -0.2) is 4.98 Å². The van der Waals surface area contributed by atoms with Crippen LogP contribution < -0.4 is 5.32 Å². The highest BCUT2D eigenvalue weighted by Crippen LogP contribution is 2.26. The van der Waals surface area contributed by atoms with E-state index in [0.29, 0.717) is 18.0 Å². The van der Waals surface area contributed by atoms with E-state index < -0.39 is 4.92 Å². The second-order valence-electron chi connectivity index (χ2n) is 3.93. The molecule has 0 aliphatic rings. The van der Waals surface area contributed by atoms with Crippen LogP contribution in [0.1, 0.15) is 11.3 Å². The molecule has 18 heavy (non-hydrogen) atoms. The Bertz CT molecular complexity index is 578. The van der Waals surface area contributed by atoms with Gasteiger partial charge in [0.25, 0.3) is 5.69 Å². The van der Waals surface area contributed by atoms with Crippen molar-refractivity contribution in [3.8, 4) is 11.5 Å². The number of oxazole rings is 1. The van der Waals surface area contributed by atoms with Crippen LogP contribution in [0.4, 0.5) is 5.69 Å². The van der Waals surface area contributed by atoms with E-state index in [4.69, 9.17) is 4.42 Å². The Morgan fingerprint density at radius 2 is 2.28 bits per heavy atom. The normalized spacial score (nSPS) is 10.6. The standard InChI is InChI=1S/C12H13N3O3/c1-8-3-4-10(15(16)17)5-11(8)12-14-9(6-13-2)7-18-12/h3-5,7,13H,6H2,1-2H3. The molecule has 6 heteroatoms. The zero-order valence-corrected chi connectivity index (χ0v) is 10.1. The van der Waals surface area contributed by atoms with Crippen molar-refractivity contribution < 1.29 is 9.34 Å². The van der Waals surface area contributed by atoms with E-state index in [-0.39, 0.29) is 5.69 Å². The molecule has 0 saturated carbocycles. The van der Waals surface area contributed by atoms with E-state index in [2.05, 4.69) is 10.3 Å². The number of aromatic nitrogens is 1. The number of hydrogen-bond donors (Lipinski definition) is 1. The van der Waals surface area contributed by atoms with Gasteiger partial charge in [-0.2, -0.15) is 0 Å². The molecule has 0 fully saturated rings. The number of nitro groups is 1. The third-order valence-corrected chi connectivity index (χ3v) is 2.57. The Hall–Kier alpha value is -2.21. The zero-order valence-electron chi connectivity index (χ0n) is 10.1. The van der Waals surface area contributed by atoms with Gasteiger partial charge in [0.1, 0.15) is 6.26 Å². The molecular weight excluding hydrogens is 234 g/mol. The summed E-state index contributed by atoms with van der Waals surface area (Å²) in [6.07, 6.45) is 1.55. The number of nitrogens with zero attached hydrogens (tertiary/aromatic N) is 2. The average Bonchev–Trinajstić information content (AvgIpc) is 2.78. The number of rotatable bonds is 4. The van der Waals surface area contributed by atoms with Gasteiger partial charge in [0.05, 0.1) is 10.6 Å². The summed E-state index contributed by atoms with van der Waals surface area (Å²) in [6.45, 7) is 2.46. The first-order valence-corrected chi connectivity index (χ1v) is 5.46. The van der Waals surface area contributed by atoms with Gasteiger partial charge in [0.2, 0.25) is 5.89 Å². The molecule has 0 aliphatic carbocycles. The van der Waals surface area contributed by atoms with Crippen LogP contribution in [0.2, 0.25) is 0 Å². The topological polar surface area (TPSA) is 81.2 Å². The van der Waals surface area contributed by atoms with Crippen molar-refractivity contribution in [2.45, 2.75) is 13.5 Å². The second kappa shape index (κ2) is 4.97. The molecule has 0 amide bonds. The molecule has 0 atom stereocenters. The van der Waals surface area contributed by atoms with E-state index in [1.807, 2.05) is 14.0 Å². The predicted molar refractivity (Wildman–Crippen MR) is 66.1 cm³/mol. The molecule has 2 rings (SSSR count). The lowest BCUT2D eigenvalue weighted by Gasteiger charge is -2.00. The van der Waals surface area contributed by atoms with Gasteiger partial charge in [-0.15, -0.1) is 0 Å². The summed E-state index contributed by atoms with van der Waals surface area (Å²) in [7, 11) is 1.81. The summed E-state index contributed by atoms with van der Waals surface area (Å²) >= 11 is 0. The second-order valence-corrected chi connectivity index (χ2v) is 3.93. The summed E-state index contributed by atoms with van der Waals surface area (Å²) in [5.41, 5.74) is 2.33. The van der Waals surface area contributed by atoms with Crippen molar-refractivity contribution in [1.29, 1.82) is 0 Å². The minimum Gasteiger partial charge on any atom is -0.444 e. The zero-order chi connectivity index (χ0) is 13.1. The lowest BCUT2D eigenvalue weighted by molar-refractivity contribution is -0.384. The largest absolute Gasteiger partial charge is 0.444 e. The van der Waals surface area contributed by atoms with Crippen LogP contribution in [-0.2, 0) is 6.54 Å². The van der Waals surface area contributed by atoms with Crippen LogP contribution in [0.15, 0.2) is 28.9 Å². The number of aryl methyl sites for hydroxylation is 1. The highest BCUT2D eigenvalue weighted by Gasteiger charge is 2.14. The fraction of sp³-hybridized carbons (Fsp3) is 0.250. The van der Waals surface area contributed by atoms with Crippen molar-refractivity contribution in [3.63, 3.8) is 0 Å². The van der Waals surface area contributed by atoms with Gasteiger partial charge in [-0.3, -0.25) is 10.1 Å². The minimum atomic E-state index is -0.430. The van der Waals surface area contributed by atoms with Gasteiger partial charge >= 0.3 is 0 Å². The minimum absolute atomic E-state index is 0.0315.